The number of nitrogen functional groups attached to an aromatic ring is 2. The number of nitrogens with zero attached hydrogens (tertiary/aromatic N) is 6. The quantitative estimate of drug-likeness (QED) is 0.544. The molecule has 8 heteroatoms. The van der Waals surface area contributed by atoms with E-state index in [1.165, 1.54) is 0 Å². The van der Waals surface area contributed by atoms with Crippen LogP contribution in [0.3, 0.4) is 0 Å². The second-order valence-electron chi connectivity index (χ2n) is 5.73. The van der Waals surface area contributed by atoms with E-state index in [9.17, 15) is 0 Å². The van der Waals surface area contributed by atoms with Gasteiger partial charge < -0.3 is 11.5 Å². The highest BCUT2D eigenvalue weighted by Gasteiger charge is 2.15. The van der Waals surface area contributed by atoms with E-state index in [0.717, 1.165) is 10.9 Å². The summed E-state index contributed by atoms with van der Waals surface area (Å²) in [4.78, 5) is 12.9. The minimum absolute atomic E-state index is 0.121. The van der Waals surface area contributed by atoms with Crippen LogP contribution in [0.2, 0.25) is 0 Å². The molecule has 26 heavy (non-hydrogen) atoms. The third kappa shape index (κ3) is 2.78. The van der Waals surface area contributed by atoms with E-state index in [4.69, 9.17) is 16.7 Å². The van der Waals surface area contributed by atoms with Crippen LogP contribution in [0.4, 0.5) is 11.6 Å². The lowest BCUT2D eigenvalue weighted by Crippen LogP contribution is -2.05. The first-order valence-electron chi connectivity index (χ1n) is 7.85. The van der Waals surface area contributed by atoms with Gasteiger partial charge in [0.15, 0.2) is 5.65 Å². The van der Waals surface area contributed by atoms with Gasteiger partial charge in [-0.05, 0) is 29.8 Å². The molecule has 0 saturated heterocycles. The largest absolute Gasteiger partial charge is 0.399 e. The molecule has 0 fully saturated rings. The van der Waals surface area contributed by atoms with Gasteiger partial charge in [0.2, 0.25) is 5.95 Å². The smallest absolute Gasteiger partial charge is 0.222 e. The van der Waals surface area contributed by atoms with E-state index >= 15 is 0 Å². The minimum atomic E-state index is 0.121. The second-order valence-corrected chi connectivity index (χ2v) is 5.73. The Hall–Kier alpha value is -3.99. The van der Waals surface area contributed by atoms with Gasteiger partial charge in [-0.2, -0.15) is 15.3 Å². The summed E-state index contributed by atoms with van der Waals surface area (Å²) < 4.78 is 1.75. The van der Waals surface area contributed by atoms with Crippen molar-refractivity contribution >= 4 is 22.7 Å². The maximum atomic E-state index is 9.07. The van der Waals surface area contributed by atoms with E-state index in [2.05, 4.69) is 20.1 Å². The molecule has 0 bridgehead atoms. The van der Waals surface area contributed by atoms with E-state index in [1.54, 1.807) is 29.1 Å². The highest BCUT2D eigenvalue weighted by Crippen LogP contribution is 2.26. The first-order valence-corrected chi connectivity index (χ1v) is 7.85. The van der Waals surface area contributed by atoms with E-state index in [0.29, 0.717) is 35.0 Å². The number of pyridine rings is 1. The molecule has 126 valence electrons. The van der Waals surface area contributed by atoms with E-state index in [-0.39, 0.29) is 5.95 Å². The molecule has 0 saturated carbocycles. The van der Waals surface area contributed by atoms with Crippen LogP contribution in [0.1, 0.15) is 11.3 Å². The standard InChI is InChI=1S/C18H14N8/c19-8-13-2-1-3-15(23-13)16-14-9-22-26(17(14)25-18(21)24-16)10-11-4-6-12(20)7-5-11/h1-7,9H,10,20H2,(H2,21,24,25). The molecule has 0 aliphatic heterocycles. The SMILES string of the molecule is N#Cc1cccc(-c2nc(N)nc3c2cnn3Cc2ccc(N)cc2)n1. The first kappa shape index (κ1) is 15.5. The number of nitrogens with two attached hydrogens (primary N) is 2. The van der Waals surface area contributed by atoms with Crippen molar-refractivity contribution in [2.24, 2.45) is 0 Å². The van der Waals surface area contributed by atoms with Crippen molar-refractivity contribution < 1.29 is 0 Å². The molecule has 4 rings (SSSR count). The van der Waals surface area contributed by atoms with Gasteiger partial charge in [-0.1, -0.05) is 18.2 Å². The Kier molecular flexibility index (Phi) is 3.67. The van der Waals surface area contributed by atoms with Gasteiger partial charge in [0, 0.05) is 5.69 Å². The van der Waals surface area contributed by atoms with Crippen molar-refractivity contribution in [1.82, 2.24) is 24.7 Å². The molecule has 1 aromatic carbocycles. The summed E-state index contributed by atoms with van der Waals surface area (Å²) in [5.41, 5.74) is 15.4. The van der Waals surface area contributed by atoms with Gasteiger partial charge in [-0.3, -0.25) is 0 Å². The molecular weight excluding hydrogens is 328 g/mol. The zero-order valence-electron chi connectivity index (χ0n) is 13.7. The topological polar surface area (TPSA) is 132 Å². The second kappa shape index (κ2) is 6.14. The van der Waals surface area contributed by atoms with Gasteiger partial charge in [0.05, 0.1) is 23.8 Å². The van der Waals surface area contributed by atoms with Crippen LogP contribution in [0.5, 0.6) is 0 Å². The lowest BCUT2D eigenvalue weighted by Gasteiger charge is -2.06. The first-order chi connectivity index (χ1) is 12.6. The van der Waals surface area contributed by atoms with Crippen LogP contribution in [0, 0.1) is 11.3 Å². The Morgan fingerprint density at radius 2 is 1.81 bits per heavy atom. The van der Waals surface area contributed by atoms with Crippen molar-refractivity contribution in [3.8, 4) is 17.5 Å². The van der Waals surface area contributed by atoms with Gasteiger partial charge in [-0.15, -0.1) is 0 Å². The summed E-state index contributed by atoms with van der Waals surface area (Å²) in [5, 5.41) is 14.2. The molecule has 0 radical (unpaired) electrons. The molecule has 0 spiro atoms. The van der Waals surface area contributed by atoms with Gasteiger partial charge in [0.25, 0.3) is 0 Å². The minimum Gasteiger partial charge on any atom is -0.399 e. The monoisotopic (exact) mass is 342 g/mol. The van der Waals surface area contributed by atoms with Crippen LogP contribution >= 0.6 is 0 Å². The number of aromatic nitrogens is 5. The fraction of sp³-hybridized carbons (Fsp3) is 0.0556. The van der Waals surface area contributed by atoms with Gasteiger partial charge >= 0.3 is 0 Å². The normalized spacial score (nSPS) is 10.7. The zero-order valence-corrected chi connectivity index (χ0v) is 13.7. The third-order valence-corrected chi connectivity index (χ3v) is 3.93. The van der Waals surface area contributed by atoms with Crippen LogP contribution in [-0.4, -0.2) is 24.7 Å². The number of fused-ring (bicyclic) bond motifs is 1. The summed E-state index contributed by atoms with van der Waals surface area (Å²) in [6, 6.07) is 14.7. The van der Waals surface area contributed by atoms with Crippen molar-refractivity contribution in [2.75, 3.05) is 11.5 Å². The van der Waals surface area contributed by atoms with Crippen LogP contribution in [0.15, 0.2) is 48.7 Å². The Morgan fingerprint density at radius 3 is 2.58 bits per heavy atom. The average Bonchev–Trinajstić information content (AvgIpc) is 3.05. The summed E-state index contributed by atoms with van der Waals surface area (Å²) in [6.45, 7) is 0.519. The van der Waals surface area contributed by atoms with Crippen LogP contribution in [-0.2, 0) is 6.54 Å². The van der Waals surface area contributed by atoms with Crippen molar-refractivity contribution in [2.45, 2.75) is 6.54 Å². The van der Waals surface area contributed by atoms with Crippen LogP contribution < -0.4 is 11.5 Å². The van der Waals surface area contributed by atoms with Crippen molar-refractivity contribution in [1.29, 1.82) is 5.26 Å². The molecule has 4 aromatic rings. The van der Waals surface area contributed by atoms with Gasteiger partial charge in [-0.25, -0.2) is 14.6 Å². The van der Waals surface area contributed by atoms with Crippen molar-refractivity contribution in [3.63, 3.8) is 0 Å². The molecule has 4 N–H and O–H groups in total. The fourth-order valence-electron chi connectivity index (χ4n) is 2.71. The summed E-state index contributed by atoms with van der Waals surface area (Å²) in [7, 11) is 0. The maximum absolute atomic E-state index is 9.07. The highest BCUT2D eigenvalue weighted by atomic mass is 15.3. The molecule has 0 atom stereocenters. The molecular formula is C18H14N8. The Labute approximate surface area is 148 Å². The average molecular weight is 342 g/mol. The number of nitriles is 1. The van der Waals surface area contributed by atoms with Crippen LogP contribution in [0.25, 0.3) is 22.4 Å². The van der Waals surface area contributed by atoms with Gasteiger partial charge in [0.1, 0.15) is 17.5 Å². The van der Waals surface area contributed by atoms with E-state index in [1.807, 2.05) is 30.3 Å². The third-order valence-electron chi connectivity index (χ3n) is 3.93. The molecule has 3 heterocycles. The molecule has 0 aliphatic carbocycles. The Morgan fingerprint density at radius 1 is 1.00 bits per heavy atom. The molecule has 3 aromatic heterocycles. The number of anilines is 2. The summed E-state index contributed by atoms with van der Waals surface area (Å²) >= 11 is 0. The Balaban J connectivity index is 1.82. The number of hydrogen-bond acceptors (Lipinski definition) is 7. The zero-order chi connectivity index (χ0) is 18.1. The molecule has 8 nitrogen and oxygen atoms in total. The maximum Gasteiger partial charge on any atom is 0.222 e. The number of benzene rings is 1. The van der Waals surface area contributed by atoms with E-state index < -0.39 is 0 Å². The molecule has 0 unspecified atom stereocenters. The van der Waals surface area contributed by atoms with Crippen molar-refractivity contribution in [3.05, 3.63) is 59.9 Å². The summed E-state index contributed by atoms with van der Waals surface area (Å²) in [6.07, 6.45) is 1.68. The predicted octanol–water partition coefficient (Wildman–Crippen LogP) is 1.97. The summed E-state index contributed by atoms with van der Waals surface area (Å²) in [5.74, 6) is 0.121. The Bertz CT molecular complexity index is 1140. The molecule has 0 aliphatic rings. The number of hydrogen-bond donors (Lipinski definition) is 2. The lowest BCUT2D eigenvalue weighted by atomic mass is 10.2. The molecule has 0 amide bonds. The lowest BCUT2D eigenvalue weighted by molar-refractivity contribution is 0.704. The highest BCUT2D eigenvalue weighted by molar-refractivity contribution is 5.90. The number of rotatable bonds is 3. The predicted molar refractivity (Wildman–Crippen MR) is 97.6 cm³/mol. The fourth-order valence-corrected chi connectivity index (χ4v) is 2.71.